The molecular formula is C15H23IOS. The molecule has 0 saturated heterocycles. The van der Waals surface area contributed by atoms with E-state index in [9.17, 15) is 0 Å². The second-order valence-corrected chi connectivity index (χ2v) is 6.46. The van der Waals surface area contributed by atoms with Crippen LogP contribution < -0.4 is 4.74 Å². The van der Waals surface area contributed by atoms with Crippen LogP contribution in [0.5, 0.6) is 5.75 Å². The Kier molecular flexibility index (Phi) is 7.46. The summed E-state index contributed by atoms with van der Waals surface area (Å²) in [5, 5.41) is 0. The molecule has 0 radical (unpaired) electrons. The number of ether oxygens (including phenoxy) is 1. The molecule has 0 amide bonds. The molecule has 1 aromatic rings. The minimum Gasteiger partial charge on any atom is -0.493 e. The normalized spacial score (nSPS) is 11.6. The second kappa shape index (κ2) is 8.31. The Morgan fingerprint density at radius 3 is 2.11 bits per heavy atom. The molecule has 0 fully saturated rings. The molecule has 0 aliphatic heterocycles. The minimum absolute atomic E-state index is 0.232. The van der Waals surface area contributed by atoms with Crippen molar-refractivity contribution < 1.29 is 4.74 Å². The molecule has 0 bridgehead atoms. The smallest absolute Gasteiger partial charge is 0.119 e. The molecule has 0 spiro atoms. The molecule has 0 aliphatic carbocycles. The van der Waals surface area contributed by atoms with Gasteiger partial charge in [-0.3, -0.25) is 0 Å². The summed E-state index contributed by atoms with van der Waals surface area (Å²) in [6, 6.07) is 8.25. The van der Waals surface area contributed by atoms with Gasteiger partial charge in [-0.15, -0.1) is 0 Å². The summed E-state index contributed by atoms with van der Waals surface area (Å²) < 4.78 is 7.21. The van der Waals surface area contributed by atoms with Gasteiger partial charge in [0.05, 0.1) is 6.61 Å². The highest BCUT2D eigenvalue weighted by Gasteiger charge is 2.27. The van der Waals surface area contributed by atoms with E-state index in [1.54, 1.807) is 0 Å². The summed E-state index contributed by atoms with van der Waals surface area (Å²) in [6.45, 7) is 5.25. The fraction of sp³-hybridized carbons (Fsp3) is 0.600. The molecular weight excluding hydrogens is 355 g/mol. The Morgan fingerprint density at radius 2 is 1.67 bits per heavy atom. The zero-order valence-corrected chi connectivity index (χ0v) is 14.3. The van der Waals surface area contributed by atoms with Crippen LogP contribution in [0.4, 0.5) is 0 Å². The third-order valence-corrected chi connectivity index (χ3v) is 4.64. The van der Waals surface area contributed by atoms with E-state index >= 15 is 0 Å². The Labute approximate surface area is 130 Å². The van der Waals surface area contributed by atoms with E-state index in [0.717, 1.165) is 18.1 Å². The van der Waals surface area contributed by atoms with Crippen molar-refractivity contribution in [3.63, 3.8) is 0 Å². The van der Waals surface area contributed by atoms with Crippen molar-refractivity contribution in [2.75, 3.05) is 12.4 Å². The van der Waals surface area contributed by atoms with Crippen molar-refractivity contribution in [3.8, 4) is 5.75 Å². The van der Waals surface area contributed by atoms with Crippen molar-refractivity contribution in [3.05, 3.63) is 27.8 Å². The molecule has 0 unspecified atom stereocenters. The quantitative estimate of drug-likeness (QED) is 0.484. The minimum atomic E-state index is 0.232. The summed E-state index contributed by atoms with van der Waals surface area (Å²) in [7, 11) is 0. The number of rotatable bonds is 8. The Balaban J connectivity index is 2.63. The molecule has 0 atom stereocenters. The number of halogens is 1. The highest BCUT2D eigenvalue weighted by atomic mass is 127. The van der Waals surface area contributed by atoms with Gasteiger partial charge in [-0.05, 0) is 65.5 Å². The molecule has 0 N–H and O–H groups in total. The molecule has 0 heterocycles. The molecule has 1 nitrogen and oxygen atoms in total. The fourth-order valence-corrected chi connectivity index (χ4v) is 3.07. The van der Waals surface area contributed by atoms with Crippen molar-refractivity contribution >= 4 is 35.2 Å². The van der Waals surface area contributed by atoms with E-state index in [4.69, 9.17) is 4.74 Å². The van der Waals surface area contributed by atoms with Crippen LogP contribution in [0, 0.1) is 8.99 Å². The average molecular weight is 378 g/mol. The third kappa shape index (κ3) is 5.00. The first-order valence-electron chi connectivity index (χ1n) is 6.65. The topological polar surface area (TPSA) is 9.23 Å². The lowest BCUT2D eigenvalue weighted by Gasteiger charge is -2.31. The fourth-order valence-electron chi connectivity index (χ4n) is 2.30. The maximum atomic E-state index is 5.97. The third-order valence-electron chi connectivity index (χ3n) is 3.25. The number of benzene rings is 1. The van der Waals surface area contributed by atoms with E-state index in [0.29, 0.717) is 0 Å². The molecule has 0 aromatic heterocycles. The Hall–Kier alpha value is 0.1000. The lowest BCUT2D eigenvalue weighted by Crippen LogP contribution is -2.30. The first kappa shape index (κ1) is 16.2. The van der Waals surface area contributed by atoms with Gasteiger partial charge in [-0.1, -0.05) is 26.7 Å². The van der Waals surface area contributed by atoms with Crippen LogP contribution in [0.15, 0.2) is 24.3 Å². The summed E-state index contributed by atoms with van der Waals surface area (Å²) in [6.07, 6.45) is 4.76. The Morgan fingerprint density at radius 1 is 1.11 bits per heavy atom. The van der Waals surface area contributed by atoms with E-state index in [1.165, 1.54) is 29.3 Å². The van der Waals surface area contributed by atoms with Crippen LogP contribution in [-0.2, 0) is 0 Å². The predicted octanol–water partition coefficient (Wildman–Crippen LogP) is 5.19. The predicted molar refractivity (Wildman–Crippen MR) is 90.8 cm³/mol. The molecule has 3 heteroatoms. The zero-order valence-electron chi connectivity index (χ0n) is 11.3. The van der Waals surface area contributed by atoms with Crippen LogP contribution in [0.2, 0.25) is 0 Å². The second-order valence-electron chi connectivity index (χ2n) is 4.90. The first-order chi connectivity index (χ1) is 8.65. The summed E-state index contributed by atoms with van der Waals surface area (Å²) in [5.41, 5.74) is 0.232. The zero-order chi connectivity index (χ0) is 13.4. The highest BCUT2D eigenvalue weighted by Crippen LogP contribution is 2.32. The van der Waals surface area contributed by atoms with Gasteiger partial charge in [-0.25, -0.2) is 0 Å². The standard InChI is InChI=1S/C15H23IOS/c1-3-9-15(12-18,10-4-2)11-17-14-7-5-13(16)6-8-14/h5-8,18H,3-4,9-12H2,1-2H3. The summed E-state index contributed by atoms with van der Waals surface area (Å²) >= 11 is 6.86. The largest absolute Gasteiger partial charge is 0.493 e. The van der Waals surface area contributed by atoms with Crippen molar-refractivity contribution in [2.45, 2.75) is 39.5 Å². The molecule has 102 valence electrons. The number of hydrogen-bond acceptors (Lipinski definition) is 2. The maximum Gasteiger partial charge on any atom is 0.119 e. The highest BCUT2D eigenvalue weighted by molar-refractivity contribution is 14.1. The lowest BCUT2D eigenvalue weighted by molar-refractivity contribution is 0.143. The maximum absolute atomic E-state index is 5.97. The van der Waals surface area contributed by atoms with Gasteiger partial charge in [0.1, 0.15) is 5.75 Å². The molecule has 1 rings (SSSR count). The van der Waals surface area contributed by atoms with Crippen LogP contribution in [0.3, 0.4) is 0 Å². The van der Waals surface area contributed by atoms with Gasteiger partial charge in [0, 0.05) is 8.99 Å². The van der Waals surface area contributed by atoms with E-state index in [-0.39, 0.29) is 5.41 Å². The van der Waals surface area contributed by atoms with Gasteiger partial charge in [0.25, 0.3) is 0 Å². The monoisotopic (exact) mass is 378 g/mol. The number of thiol groups is 1. The molecule has 0 aliphatic rings. The number of hydrogen-bond donors (Lipinski definition) is 1. The van der Waals surface area contributed by atoms with Gasteiger partial charge >= 0.3 is 0 Å². The molecule has 18 heavy (non-hydrogen) atoms. The SMILES string of the molecule is CCCC(CS)(CCC)COc1ccc(I)cc1. The van der Waals surface area contributed by atoms with Crippen LogP contribution in [0.25, 0.3) is 0 Å². The van der Waals surface area contributed by atoms with Crippen LogP contribution >= 0.6 is 35.2 Å². The van der Waals surface area contributed by atoms with Gasteiger partial charge in [0.15, 0.2) is 0 Å². The van der Waals surface area contributed by atoms with E-state index < -0.39 is 0 Å². The van der Waals surface area contributed by atoms with Crippen LogP contribution in [0.1, 0.15) is 39.5 Å². The average Bonchev–Trinajstić information content (AvgIpc) is 2.38. The van der Waals surface area contributed by atoms with E-state index in [1.807, 2.05) is 12.1 Å². The summed E-state index contributed by atoms with van der Waals surface area (Å²) in [4.78, 5) is 0. The lowest BCUT2D eigenvalue weighted by atomic mass is 9.82. The van der Waals surface area contributed by atoms with Gasteiger partial charge in [-0.2, -0.15) is 12.6 Å². The van der Waals surface area contributed by atoms with Crippen molar-refractivity contribution in [1.29, 1.82) is 0 Å². The van der Waals surface area contributed by atoms with Crippen LogP contribution in [-0.4, -0.2) is 12.4 Å². The molecule has 1 aromatic carbocycles. The Bertz CT molecular complexity index is 331. The van der Waals surface area contributed by atoms with Crippen molar-refractivity contribution in [2.24, 2.45) is 5.41 Å². The van der Waals surface area contributed by atoms with E-state index in [2.05, 4.69) is 61.2 Å². The van der Waals surface area contributed by atoms with Gasteiger partial charge in [0.2, 0.25) is 0 Å². The molecule has 0 saturated carbocycles. The first-order valence-corrected chi connectivity index (χ1v) is 8.36. The van der Waals surface area contributed by atoms with Crippen molar-refractivity contribution in [1.82, 2.24) is 0 Å². The summed E-state index contributed by atoms with van der Waals surface area (Å²) in [5.74, 6) is 1.87. The van der Waals surface area contributed by atoms with Gasteiger partial charge < -0.3 is 4.74 Å².